The van der Waals surface area contributed by atoms with E-state index in [1.165, 1.54) is 11.8 Å². The number of rotatable bonds is 11. The molecule has 0 spiro atoms. The lowest BCUT2D eigenvalue weighted by atomic mass is 10.0. The number of hydrogen-bond donors (Lipinski definition) is 4. The predicted octanol–water partition coefficient (Wildman–Crippen LogP) is 4.96. The van der Waals surface area contributed by atoms with Crippen LogP contribution in [0.25, 0.3) is 33.6 Å². The quantitative estimate of drug-likeness (QED) is 0.144. The van der Waals surface area contributed by atoms with E-state index in [1.807, 2.05) is 36.4 Å². The summed E-state index contributed by atoms with van der Waals surface area (Å²) in [5.74, 6) is 0.820. The fourth-order valence-corrected chi connectivity index (χ4v) is 7.52. The maximum atomic E-state index is 13.9. The lowest BCUT2D eigenvalue weighted by Crippen LogP contribution is -2.53. The van der Waals surface area contributed by atoms with Crippen LogP contribution in [-0.2, 0) is 25.6 Å². The number of imidazole rings is 2. The van der Waals surface area contributed by atoms with Crippen LogP contribution in [0.1, 0.15) is 63.3 Å². The number of carbonyl (C=O) groups excluding carboxylic acids is 4. The van der Waals surface area contributed by atoms with Gasteiger partial charge in [-0.3, -0.25) is 14.3 Å². The molecule has 5 heterocycles. The van der Waals surface area contributed by atoms with Crippen molar-refractivity contribution < 1.29 is 28.7 Å². The first-order valence-corrected chi connectivity index (χ1v) is 18.3. The van der Waals surface area contributed by atoms with E-state index in [-0.39, 0.29) is 30.4 Å². The molecular formula is C39H44N10O6. The van der Waals surface area contributed by atoms with Crippen molar-refractivity contribution >= 4 is 24.0 Å². The summed E-state index contributed by atoms with van der Waals surface area (Å²) in [6.07, 6.45) is 8.25. The Hall–Kier alpha value is -6.45. The predicted molar refractivity (Wildman–Crippen MR) is 201 cm³/mol. The zero-order chi connectivity index (χ0) is 38.7. The lowest BCUT2D eigenvalue weighted by molar-refractivity contribution is -0.152. The molecule has 7 rings (SSSR count). The second kappa shape index (κ2) is 15.5. The molecule has 5 aromatic rings. The summed E-state index contributed by atoms with van der Waals surface area (Å²) in [6.45, 7) is 4.30. The number of alkyl carbamates (subject to hydrolysis) is 1. The summed E-state index contributed by atoms with van der Waals surface area (Å²) in [5, 5.41) is 6.73. The molecule has 2 saturated heterocycles. The number of carbonyl (C=O) groups is 4. The zero-order valence-corrected chi connectivity index (χ0v) is 30.9. The minimum absolute atomic E-state index is 0.0234. The van der Waals surface area contributed by atoms with E-state index in [0.29, 0.717) is 31.2 Å². The van der Waals surface area contributed by atoms with Crippen molar-refractivity contribution in [1.82, 2.24) is 44.8 Å². The van der Waals surface area contributed by atoms with Gasteiger partial charge < -0.3 is 40.3 Å². The molecule has 16 nitrogen and oxygen atoms in total. The highest BCUT2D eigenvalue weighted by molar-refractivity contribution is 5.88. The molecule has 2 aliphatic rings. The molecule has 0 unspecified atom stereocenters. The molecule has 2 aliphatic heterocycles. The Labute approximate surface area is 317 Å². The summed E-state index contributed by atoms with van der Waals surface area (Å²) >= 11 is 0. The Morgan fingerprint density at radius 2 is 1.40 bits per heavy atom. The molecule has 2 aromatic carbocycles. The van der Waals surface area contributed by atoms with E-state index in [2.05, 4.69) is 47.2 Å². The Kier molecular flexibility index (Phi) is 10.4. The number of methoxy groups -OCH3 is 1. The number of amides is 4. The number of H-pyrrole nitrogens is 2. The average Bonchev–Trinajstić information content (AvgIpc) is 4.03. The number of aromatic nitrogens is 6. The molecule has 0 radical (unpaired) electrons. The van der Waals surface area contributed by atoms with E-state index in [4.69, 9.17) is 10.5 Å². The van der Waals surface area contributed by atoms with Gasteiger partial charge in [-0.25, -0.2) is 19.6 Å². The van der Waals surface area contributed by atoms with Crippen LogP contribution >= 0.6 is 0 Å². The van der Waals surface area contributed by atoms with Crippen LogP contribution in [0, 0.1) is 0 Å². The second-order valence-electron chi connectivity index (χ2n) is 14.1. The van der Waals surface area contributed by atoms with Gasteiger partial charge in [0.2, 0.25) is 11.5 Å². The first kappa shape index (κ1) is 36.9. The highest BCUT2D eigenvalue weighted by atomic mass is 16.6. The van der Waals surface area contributed by atoms with Gasteiger partial charge in [0.1, 0.15) is 17.7 Å². The first-order valence-electron chi connectivity index (χ1n) is 18.3. The smallest absolute Gasteiger partial charge is 0.407 e. The summed E-state index contributed by atoms with van der Waals surface area (Å²) in [7, 11) is 1.27. The number of nitrogens with zero attached hydrogens (tertiary/aromatic N) is 6. The normalized spacial score (nSPS) is 18.5. The topological polar surface area (TPSA) is 206 Å². The molecule has 0 bridgehead atoms. The molecular weight excluding hydrogens is 704 g/mol. The van der Waals surface area contributed by atoms with Gasteiger partial charge in [0.25, 0.3) is 5.91 Å². The highest BCUT2D eigenvalue weighted by Gasteiger charge is 2.45. The van der Waals surface area contributed by atoms with Crippen molar-refractivity contribution in [3.63, 3.8) is 0 Å². The van der Waals surface area contributed by atoms with Gasteiger partial charge >= 0.3 is 12.2 Å². The largest absolute Gasteiger partial charge is 0.453 e. The van der Waals surface area contributed by atoms with Crippen LogP contribution in [0.4, 0.5) is 9.59 Å². The van der Waals surface area contributed by atoms with Gasteiger partial charge in [0.05, 0.1) is 49.5 Å². The first-order chi connectivity index (χ1) is 26.5. The fraction of sp³-hybridized carbons (Fsp3) is 0.359. The number of benzene rings is 2. The fourth-order valence-electron chi connectivity index (χ4n) is 7.52. The molecule has 286 valence electrons. The van der Waals surface area contributed by atoms with Crippen molar-refractivity contribution in [2.24, 2.45) is 5.73 Å². The Bertz CT molecular complexity index is 2150. The third-order valence-corrected chi connectivity index (χ3v) is 10.3. The molecule has 4 amide bonds. The van der Waals surface area contributed by atoms with E-state index in [9.17, 15) is 19.2 Å². The summed E-state index contributed by atoms with van der Waals surface area (Å²) in [6, 6.07) is 16.8. The molecule has 0 aliphatic carbocycles. The summed E-state index contributed by atoms with van der Waals surface area (Å²) < 4.78 is 11.6. The number of nitrogens with two attached hydrogens (primary N) is 1. The highest BCUT2D eigenvalue weighted by Crippen LogP contribution is 2.36. The van der Waals surface area contributed by atoms with Crippen molar-refractivity contribution in [1.29, 1.82) is 0 Å². The second-order valence-corrected chi connectivity index (χ2v) is 14.1. The van der Waals surface area contributed by atoms with Gasteiger partial charge in [0.15, 0.2) is 0 Å². The summed E-state index contributed by atoms with van der Waals surface area (Å²) in [5.41, 5.74) is 9.47. The average molecular weight is 749 g/mol. The maximum absolute atomic E-state index is 13.9. The summed E-state index contributed by atoms with van der Waals surface area (Å²) in [4.78, 5) is 70.0. The molecule has 5 N–H and O–H groups in total. The number of primary amides is 1. The number of likely N-dealkylation sites (tertiary alicyclic amines) is 2. The van der Waals surface area contributed by atoms with Crippen molar-refractivity contribution in [3.8, 4) is 33.6 Å². The van der Waals surface area contributed by atoms with Crippen LogP contribution in [0.3, 0.4) is 0 Å². The molecule has 4 atom stereocenters. The third-order valence-electron chi connectivity index (χ3n) is 10.3. The van der Waals surface area contributed by atoms with Crippen molar-refractivity contribution in [2.75, 3.05) is 20.2 Å². The molecule has 55 heavy (non-hydrogen) atoms. The molecule has 2 fully saturated rings. The minimum atomic E-state index is -1.55. The van der Waals surface area contributed by atoms with Crippen LogP contribution in [0.2, 0.25) is 0 Å². The van der Waals surface area contributed by atoms with Gasteiger partial charge in [-0.2, -0.15) is 5.10 Å². The van der Waals surface area contributed by atoms with Gasteiger partial charge in [0, 0.05) is 25.5 Å². The molecule has 16 heteroatoms. The van der Waals surface area contributed by atoms with E-state index in [1.54, 1.807) is 54.5 Å². The number of nitrogens with one attached hydrogen (secondary N) is 3. The van der Waals surface area contributed by atoms with E-state index >= 15 is 0 Å². The van der Waals surface area contributed by atoms with E-state index < -0.39 is 23.8 Å². The zero-order valence-electron chi connectivity index (χ0n) is 30.9. The van der Waals surface area contributed by atoms with Crippen LogP contribution in [0.15, 0.2) is 79.4 Å². The Morgan fingerprint density at radius 1 is 0.873 bits per heavy atom. The number of aromatic amines is 2. The van der Waals surface area contributed by atoms with Gasteiger partial charge in [-0.1, -0.05) is 48.5 Å². The monoisotopic (exact) mass is 748 g/mol. The number of ether oxygens (including phenoxy) is 2. The van der Waals surface area contributed by atoms with Crippen LogP contribution in [-0.4, -0.2) is 95.4 Å². The van der Waals surface area contributed by atoms with Crippen LogP contribution in [0.5, 0.6) is 0 Å². The van der Waals surface area contributed by atoms with E-state index in [0.717, 1.165) is 52.9 Å². The van der Waals surface area contributed by atoms with Crippen LogP contribution < -0.4 is 11.1 Å². The Balaban J connectivity index is 1.00. The standard InChI is InChI=1S/C39H44N10O6/c1-24(44-38(53)54-3)35(50)48-19-4-7-31(48)33-41-21-29(45-33)27-13-9-25(10-14-27)26-11-15-28(16-12-26)30-22-42-34(46-30)32-8-5-20-49(32)36(51)39(2,55-37(40)52)23-47-18-6-17-43-47/h6,9-18,21-22,24,31-32H,4-5,7-8,19-20,23H2,1-3H3,(H2,40,52)(H,41,45)(H,42,46)(H,44,53)/t24-,31-,32-,39-/m0/s1. The minimum Gasteiger partial charge on any atom is -0.453 e. The third kappa shape index (κ3) is 7.79. The van der Waals surface area contributed by atoms with Crippen molar-refractivity contribution in [2.45, 2.75) is 69.8 Å². The Morgan fingerprint density at radius 3 is 1.91 bits per heavy atom. The lowest BCUT2D eigenvalue weighted by Gasteiger charge is -2.34. The molecule has 3 aromatic heterocycles. The SMILES string of the molecule is COC(=O)N[C@@H](C)C(=O)N1CCC[C@H]1c1ncc(-c2ccc(-c3ccc(-c4cnc([C@@H]5CCCN5C(=O)[C@](C)(Cn5cccn5)OC(N)=O)[nH]4)cc3)cc2)[nH]1. The molecule has 0 saturated carbocycles. The van der Waals surface area contributed by atoms with Gasteiger partial charge in [-0.15, -0.1) is 0 Å². The number of hydrogen-bond acceptors (Lipinski definition) is 9. The maximum Gasteiger partial charge on any atom is 0.407 e. The van der Waals surface area contributed by atoms with Crippen molar-refractivity contribution in [3.05, 3.63) is 91.0 Å². The van der Waals surface area contributed by atoms with Gasteiger partial charge in [-0.05, 0) is 67.9 Å².